The fourth-order valence-electron chi connectivity index (χ4n) is 2.21. The van der Waals surface area contributed by atoms with Crippen molar-refractivity contribution < 1.29 is 0 Å². The molecule has 0 aliphatic heterocycles. The number of benzene rings is 1. The number of aryl methyl sites for hydroxylation is 1. The van der Waals surface area contributed by atoms with Crippen LogP contribution in [0.4, 0.5) is 0 Å². The molecular weight excluding hydrogens is 256 g/mol. The number of nitrogens with one attached hydrogen (secondary N) is 1. The zero-order chi connectivity index (χ0) is 13.4. The molecule has 0 bridgehead atoms. The van der Waals surface area contributed by atoms with E-state index in [0.29, 0.717) is 11.4 Å². The van der Waals surface area contributed by atoms with Gasteiger partial charge in [0, 0.05) is 26.6 Å². The lowest BCUT2D eigenvalue weighted by molar-refractivity contribution is 0.956. The number of fused-ring (bicyclic) bond motifs is 1. The Kier molecular flexibility index (Phi) is 2.95. The van der Waals surface area contributed by atoms with Crippen LogP contribution in [0, 0.1) is 6.92 Å². The first-order valence-electron chi connectivity index (χ1n) is 6.27. The lowest BCUT2D eigenvalue weighted by atomic mass is 10.1. The number of nitrogens with zero attached hydrogens (tertiary/aromatic N) is 1. The van der Waals surface area contributed by atoms with Crippen LogP contribution in [-0.4, -0.2) is 9.97 Å². The summed E-state index contributed by atoms with van der Waals surface area (Å²) < 4.78 is 1.21. The van der Waals surface area contributed by atoms with E-state index in [1.54, 1.807) is 11.3 Å². The topological polar surface area (TPSA) is 45.8 Å². The van der Waals surface area contributed by atoms with Gasteiger partial charge in [-0.3, -0.25) is 4.79 Å². The highest BCUT2D eigenvalue weighted by atomic mass is 32.1. The molecule has 0 atom stereocenters. The highest BCUT2D eigenvalue weighted by Crippen LogP contribution is 2.31. The van der Waals surface area contributed by atoms with Crippen LogP contribution in [0.15, 0.2) is 34.4 Å². The first-order valence-corrected chi connectivity index (χ1v) is 7.15. The van der Waals surface area contributed by atoms with Crippen LogP contribution in [0.25, 0.3) is 21.5 Å². The van der Waals surface area contributed by atoms with Gasteiger partial charge in [-0.15, -0.1) is 11.3 Å². The second kappa shape index (κ2) is 4.63. The van der Waals surface area contributed by atoms with E-state index in [-0.39, 0.29) is 5.56 Å². The maximum atomic E-state index is 12.0. The van der Waals surface area contributed by atoms with Gasteiger partial charge in [-0.05, 0) is 19.4 Å². The Morgan fingerprint density at radius 3 is 2.89 bits per heavy atom. The molecule has 3 aromatic rings. The Balaban J connectivity index is 2.27. The van der Waals surface area contributed by atoms with Gasteiger partial charge in [0.15, 0.2) is 0 Å². The molecule has 19 heavy (non-hydrogen) atoms. The van der Waals surface area contributed by atoms with Crippen LogP contribution in [0.5, 0.6) is 0 Å². The van der Waals surface area contributed by atoms with Gasteiger partial charge in [0.1, 0.15) is 5.82 Å². The number of H-pyrrole nitrogens is 1. The van der Waals surface area contributed by atoms with Crippen molar-refractivity contribution in [3.63, 3.8) is 0 Å². The summed E-state index contributed by atoms with van der Waals surface area (Å²) in [5.41, 5.74) is 2.55. The van der Waals surface area contributed by atoms with E-state index >= 15 is 0 Å². The van der Waals surface area contributed by atoms with Gasteiger partial charge in [0.25, 0.3) is 5.56 Å². The van der Waals surface area contributed by atoms with E-state index in [9.17, 15) is 4.79 Å². The molecule has 4 heteroatoms. The van der Waals surface area contributed by atoms with Crippen LogP contribution in [0.1, 0.15) is 18.2 Å². The molecule has 0 spiro atoms. The molecule has 2 aromatic heterocycles. The lowest BCUT2D eigenvalue weighted by Gasteiger charge is -2.05. The van der Waals surface area contributed by atoms with Crippen LogP contribution in [0.2, 0.25) is 0 Å². The molecule has 0 unspecified atom stereocenters. The number of aromatic nitrogens is 2. The van der Waals surface area contributed by atoms with Crippen molar-refractivity contribution in [3.05, 3.63) is 51.3 Å². The number of hydrogen-bond donors (Lipinski definition) is 1. The minimum Gasteiger partial charge on any atom is -0.306 e. The molecule has 1 aromatic carbocycles. The summed E-state index contributed by atoms with van der Waals surface area (Å²) in [6.45, 7) is 3.84. The number of hydrogen-bond acceptors (Lipinski definition) is 3. The predicted octanol–water partition coefficient (Wildman–Crippen LogP) is 3.52. The maximum Gasteiger partial charge on any atom is 0.254 e. The zero-order valence-electron chi connectivity index (χ0n) is 10.9. The molecule has 0 aliphatic carbocycles. The summed E-state index contributed by atoms with van der Waals surface area (Å²) in [6, 6.07) is 8.17. The maximum absolute atomic E-state index is 12.0. The number of thiophene rings is 1. The highest BCUT2D eigenvalue weighted by molar-refractivity contribution is 7.17. The average molecular weight is 270 g/mol. The number of aromatic amines is 1. The highest BCUT2D eigenvalue weighted by Gasteiger charge is 2.11. The molecule has 0 fully saturated rings. The molecule has 0 saturated heterocycles. The first kappa shape index (κ1) is 12.1. The summed E-state index contributed by atoms with van der Waals surface area (Å²) in [5, 5.41) is 3.19. The second-order valence-electron chi connectivity index (χ2n) is 4.49. The normalized spacial score (nSPS) is 11.1. The van der Waals surface area contributed by atoms with Crippen molar-refractivity contribution in [1.29, 1.82) is 0 Å². The van der Waals surface area contributed by atoms with Gasteiger partial charge in [-0.2, -0.15) is 0 Å². The van der Waals surface area contributed by atoms with Gasteiger partial charge >= 0.3 is 0 Å². The Hall–Kier alpha value is -1.94. The van der Waals surface area contributed by atoms with Crippen LogP contribution in [0.3, 0.4) is 0 Å². The smallest absolute Gasteiger partial charge is 0.254 e. The van der Waals surface area contributed by atoms with Crippen molar-refractivity contribution >= 4 is 21.4 Å². The summed E-state index contributed by atoms with van der Waals surface area (Å²) in [6.07, 6.45) is 0.769. The summed E-state index contributed by atoms with van der Waals surface area (Å²) in [7, 11) is 0. The van der Waals surface area contributed by atoms with Crippen molar-refractivity contribution in [1.82, 2.24) is 9.97 Å². The van der Waals surface area contributed by atoms with Gasteiger partial charge < -0.3 is 4.98 Å². The Labute approximate surface area is 115 Å². The lowest BCUT2D eigenvalue weighted by Crippen LogP contribution is -2.15. The summed E-state index contributed by atoms with van der Waals surface area (Å²) in [5.74, 6) is 0.671. The molecule has 96 valence electrons. The van der Waals surface area contributed by atoms with Gasteiger partial charge in [0.2, 0.25) is 0 Å². The van der Waals surface area contributed by atoms with E-state index in [2.05, 4.69) is 27.5 Å². The standard InChI is InChI=1S/C15H14N2OS/c1-3-12-9(2)15(18)17-14(16-12)11-8-19-13-7-5-4-6-10(11)13/h4-8H,3H2,1-2H3,(H,16,17,18). The molecule has 2 heterocycles. The van der Waals surface area contributed by atoms with E-state index in [0.717, 1.165) is 23.1 Å². The van der Waals surface area contributed by atoms with E-state index in [1.807, 2.05) is 26.0 Å². The largest absolute Gasteiger partial charge is 0.306 e. The SMILES string of the molecule is CCc1nc(-c2csc3ccccc23)[nH]c(=O)c1C. The van der Waals surface area contributed by atoms with Gasteiger partial charge in [0.05, 0.1) is 5.69 Å². The molecule has 1 N–H and O–H groups in total. The second-order valence-corrected chi connectivity index (χ2v) is 5.40. The number of rotatable bonds is 2. The molecular formula is C15H14N2OS. The zero-order valence-corrected chi connectivity index (χ0v) is 11.7. The minimum atomic E-state index is -0.0443. The quantitative estimate of drug-likeness (QED) is 0.774. The molecule has 0 radical (unpaired) electrons. The third kappa shape index (κ3) is 1.98. The molecule has 0 aliphatic rings. The summed E-state index contributed by atoms with van der Waals surface area (Å²) >= 11 is 1.67. The van der Waals surface area contributed by atoms with Crippen molar-refractivity contribution in [3.8, 4) is 11.4 Å². The first-order chi connectivity index (χ1) is 9.20. The summed E-state index contributed by atoms with van der Waals surface area (Å²) in [4.78, 5) is 19.4. The Morgan fingerprint density at radius 2 is 2.11 bits per heavy atom. The molecule has 3 rings (SSSR count). The predicted molar refractivity (Wildman–Crippen MR) is 79.8 cm³/mol. The van der Waals surface area contributed by atoms with Crippen molar-refractivity contribution in [2.75, 3.05) is 0 Å². The third-order valence-corrected chi connectivity index (χ3v) is 4.29. The van der Waals surface area contributed by atoms with Crippen molar-refractivity contribution in [2.45, 2.75) is 20.3 Å². The fourth-order valence-corrected chi connectivity index (χ4v) is 3.16. The van der Waals surface area contributed by atoms with Gasteiger partial charge in [-0.1, -0.05) is 25.1 Å². The van der Waals surface area contributed by atoms with E-state index in [4.69, 9.17) is 0 Å². The van der Waals surface area contributed by atoms with Crippen LogP contribution in [-0.2, 0) is 6.42 Å². The van der Waals surface area contributed by atoms with E-state index < -0.39 is 0 Å². The average Bonchev–Trinajstić information content (AvgIpc) is 2.85. The monoisotopic (exact) mass is 270 g/mol. The fraction of sp³-hybridized carbons (Fsp3) is 0.200. The molecule has 0 saturated carbocycles. The van der Waals surface area contributed by atoms with Crippen LogP contribution >= 0.6 is 11.3 Å². The molecule has 3 nitrogen and oxygen atoms in total. The Morgan fingerprint density at radius 1 is 1.32 bits per heavy atom. The van der Waals surface area contributed by atoms with Crippen molar-refractivity contribution in [2.24, 2.45) is 0 Å². The van der Waals surface area contributed by atoms with E-state index in [1.165, 1.54) is 4.70 Å². The van der Waals surface area contributed by atoms with Gasteiger partial charge in [-0.25, -0.2) is 4.98 Å². The third-order valence-electron chi connectivity index (χ3n) is 3.32. The molecule has 0 amide bonds. The van der Waals surface area contributed by atoms with Crippen LogP contribution < -0.4 is 5.56 Å². The Bertz CT molecular complexity index is 801. The minimum absolute atomic E-state index is 0.0443.